The third-order valence-electron chi connectivity index (χ3n) is 4.41. The Morgan fingerprint density at radius 2 is 1.78 bits per heavy atom. The maximum Gasteiger partial charge on any atom is 0.222 e. The van der Waals surface area contributed by atoms with E-state index >= 15 is 0 Å². The molecule has 1 fully saturated rings. The van der Waals surface area contributed by atoms with E-state index in [2.05, 4.69) is 16.8 Å². The summed E-state index contributed by atoms with van der Waals surface area (Å²) in [6.07, 6.45) is 9.73. The van der Waals surface area contributed by atoms with Crippen LogP contribution >= 0.6 is 11.6 Å². The van der Waals surface area contributed by atoms with Crippen LogP contribution < -0.4 is 4.90 Å². The average molecular weight is 338 g/mol. The number of hydrogen-bond acceptors (Lipinski definition) is 3. The minimum atomic E-state index is 0.309. The van der Waals surface area contributed by atoms with Crippen molar-refractivity contribution >= 4 is 23.3 Å². The number of hydrogen-bond donors (Lipinski definition) is 0. The average Bonchev–Trinajstić information content (AvgIpc) is 2.58. The van der Waals surface area contributed by atoms with E-state index in [0.717, 1.165) is 38.4 Å². The fraction of sp³-hybridized carbons (Fsp3) is 0.667. The molecule has 5 heteroatoms. The zero-order valence-corrected chi connectivity index (χ0v) is 14.9. The summed E-state index contributed by atoms with van der Waals surface area (Å²) < 4.78 is 0. The summed E-state index contributed by atoms with van der Waals surface area (Å²) in [5.41, 5.74) is 0. The van der Waals surface area contributed by atoms with Crippen LogP contribution in [0.5, 0.6) is 0 Å². The molecule has 0 aromatic carbocycles. The lowest BCUT2D eigenvalue weighted by Crippen LogP contribution is -2.49. The third-order valence-corrected chi connectivity index (χ3v) is 4.64. The van der Waals surface area contributed by atoms with E-state index < -0.39 is 0 Å². The van der Waals surface area contributed by atoms with Crippen LogP contribution in [-0.2, 0) is 4.79 Å². The number of pyridine rings is 1. The summed E-state index contributed by atoms with van der Waals surface area (Å²) >= 11 is 5.87. The first kappa shape index (κ1) is 18.1. The van der Waals surface area contributed by atoms with E-state index in [0.29, 0.717) is 17.4 Å². The molecule has 2 heterocycles. The van der Waals surface area contributed by atoms with E-state index in [-0.39, 0.29) is 0 Å². The van der Waals surface area contributed by atoms with Gasteiger partial charge in [-0.1, -0.05) is 50.6 Å². The predicted molar refractivity (Wildman–Crippen MR) is 96.0 cm³/mol. The number of rotatable bonds is 8. The molecule has 0 aliphatic carbocycles. The molecule has 1 amide bonds. The third kappa shape index (κ3) is 6.02. The van der Waals surface area contributed by atoms with Gasteiger partial charge in [0, 0.05) is 38.8 Å². The van der Waals surface area contributed by atoms with E-state index in [4.69, 9.17) is 11.6 Å². The van der Waals surface area contributed by atoms with Crippen LogP contribution in [0, 0.1) is 0 Å². The van der Waals surface area contributed by atoms with E-state index in [1.54, 1.807) is 6.20 Å². The second-order valence-corrected chi connectivity index (χ2v) is 6.66. The molecule has 1 aromatic rings. The molecule has 128 valence electrons. The van der Waals surface area contributed by atoms with E-state index in [9.17, 15) is 4.79 Å². The van der Waals surface area contributed by atoms with Crippen molar-refractivity contribution in [3.8, 4) is 0 Å². The Hall–Kier alpha value is -1.29. The number of halogens is 1. The molecule has 0 unspecified atom stereocenters. The number of aromatic nitrogens is 1. The number of unbranched alkanes of at least 4 members (excludes halogenated alkanes) is 5. The summed E-state index contributed by atoms with van der Waals surface area (Å²) in [6.45, 7) is 5.49. The maximum atomic E-state index is 12.2. The van der Waals surface area contributed by atoms with Gasteiger partial charge in [0.1, 0.15) is 5.82 Å². The SMILES string of the molecule is CCCCCCCCC(=O)N1CCN(c2ccc(Cl)cn2)CC1. The monoisotopic (exact) mass is 337 g/mol. The summed E-state index contributed by atoms with van der Waals surface area (Å²) in [7, 11) is 0. The molecular weight excluding hydrogens is 310 g/mol. The largest absolute Gasteiger partial charge is 0.353 e. The van der Waals surface area contributed by atoms with Gasteiger partial charge in [0.2, 0.25) is 5.91 Å². The first-order valence-electron chi connectivity index (χ1n) is 8.85. The van der Waals surface area contributed by atoms with Gasteiger partial charge in [0.05, 0.1) is 5.02 Å². The molecule has 23 heavy (non-hydrogen) atoms. The summed E-state index contributed by atoms with van der Waals surface area (Å²) in [5, 5.41) is 0.654. The summed E-state index contributed by atoms with van der Waals surface area (Å²) in [4.78, 5) is 20.8. The van der Waals surface area contributed by atoms with Crippen molar-refractivity contribution in [2.45, 2.75) is 51.9 Å². The maximum absolute atomic E-state index is 12.2. The lowest BCUT2D eigenvalue weighted by molar-refractivity contribution is -0.131. The van der Waals surface area contributed by atoms with Gasteiger partial charge >= 0.3 is 0 Å². The minimum Gasteiger partial charge on any atom is -0.353 e. The molecule has 0 radical (unpaired) electrons. The lowest BCUT2D eigenvalue weighted by Gasteiger charge is -2.35. The number of amides is 1. The van der Waals surface area contributed by atoms with E-state index in [1.807, 2.05) is 17.0 Å². The molecular formula is C18H28ClN3O. The van der Waals surface area contributed by atoms with Crippen molar-refractivity contribution in [2.24, 2.45) is 0 Å². The molecule has 0 bridgehead atoms. The highest BCUT2D eigenvalue weighted by Crippen LogP contribution is 2.17. The standard InChI is InChI=1S/C18H28ClN3O/c1-2-3-4-5-6-7-8-18(23)22-13-11-21(12-14-22)17-10-9-16(19)15-20-17/h9-10,15H,2-8,11-14H2,1H3. The van der Waals surface area contributed by atoms with Crippen LogP contribution in [0.15, 0.2) is 18.3 Å². The van der Waals surface area contributed by atoms with Gasteiger partial charge in [-0.05, 0) is 18.6 Å². The molecule has 1 aliphatic rings. The number of carbonyl (C=O) groups excluding carboxylic acids is 1. The Bertz CT molecular complexity index is 470. The van der Waals surface area contributed by atoms with Gasteiger partial charge in [-0.15, -0.1) is 0 Å². The number of anilines is 1. The summed E-state index contributed by atoms with van der Waals surface area (Å²) in [6, 6.07) is 3.80. The van der Waals surface area contributed by atoms with Crippen molar-refractivity contribution in [3.63, 3.8) is 0 Å². The topological polar surface area (TPSA) is 36.4 Å². The molecule has 4 nitrogen and oxygen atoms in total. The van der Waals surface area contributed by atoms with Gasteiger partial charge in [-0.2, -0.15) is 0 Å². The molecule has 2 rings (SSSR count). The first-order valence-corrected chi connectivity index (χ1v) is 9.23. The van der Waals surface area contributed by atoms with Crippen molar-refractivity contribution in [1.29, 1.82) is 0 Å². The van der Waals surface area contributed by atoms with Crippen LogP contribution in [0.4, 0.5) is 5.82 Å². The molecule has 0 saturated carbocycles. The fourth-order valence-corrected chi connectivity index (χ4v) is 3.07. The van der Waals surface area contributed by atoms with Crippen LogP contribution in [0.1, 0.15) is 51.9 Å². The van der Waals surface area contributed by atoms with Gasteiger partial charge < -0.3 is 9.80 Å². The van der Waals surface area contributed by atoms with Crippen molar-refractivity contribution < 1.29 is 4.79 Å². The quantitative estimate of drug-likeness (QED) is 0.669. The Labute approximate surface area is 144 Å². The number of carbonyl (C=O) groups is 1. The first-order chi connectivity index (χ1) is 11.2. The second-order valence-electron chi connectivity index (χ2n) is 6.22. The molecule has 1 aromatic heterocycles. The van der Waals surface area contributed by atoms with Crippen LogP contribution in [0.2, 0.25) is 5.02 Å². The summed E-state index contributed by atoms with van der Waals surface area (Å²) in [5.74, 6) is 1.25. The van der Waals surface area contributed by atoms with Gasteiger partial charge in [-0.3, -0.25) is 4.79 Å². The highest BCUT2D eigenvalue weighted by atomic mass is 35.5. The predicted octanol–water partition coefficient (Wildman–Crippen LogP) is 4.13. The zero-order valence-electron chi connectivity index (χ0n) is 14.1. The minimum absolute atomic E-state index is 0.309. The van der Waals surface area contributed by atoms with Crippen LogP contribution in [-0.4, -0.2) is 42.0 Å². The highest BCUT2D eigenvalue weighted by Gasteiger charge is 2.21. The second kappa shape index (κ2) is 9.76. The van der Waals surface area contributed by atoms with Gasteiger partial charge in [0.25, 0.3) is 0 Å². The number of nitrogens with zero attached hydrogens (tertiary/aromatic N) is 3. The fourth-order valence-electron chi connectivity index (χ4n) is 2.95. The van der Waals surface area contributed by atoms with E-state index in [1.165, 1.54) is 32.1 Å². The Kier molecular flexibility index (Phi) is 7.66. The van der Waals surface area contributed by atoms with Gasteiger partial charge in [-0.25, -0.2) is 4.98 Å². The Morgan fingerprint density at radius 1 is 1.09 bits per heavy atom. The normalized spacial score (nSPS) is 15.0. The van der Waals surface area contributed by atoms with Crippen molar-refractivity contribution in [1.82, 2.24) is 9.88 Å². The van der Waals surface area contributed by atoms with Crippen molar-refractivity contribution in [3.05, 3.63) is 23.4 Å². The van der Waals surface area contributed by atoms with Crippen LogP contribution in [0.3, 0.4) is 0 Å². The zero-order chi connectivity index (χ0) is 16.5. The molecule has 1 saturated heterocycles. The number of piperazine rings is 1. The molecule has 1 aliphatic heterocycles. The Morgan fingerprint density at radius 3 is 2.43 bits per heavy atom. The lowest BCUT2D eigenvalue weighted by atomic mass is 10.1. The van der Waals surface area contributed by atoms with Crippen molar-refractivity contribution in [2.75, 3.05) is 31.1 Å². The smallest absolute Gasteiger partial charge is 0.222 e. The van der Waals surface area contributed by atoms with Gasteiger partial charge in [0.15, 0.2) is 0 Å². The highest BCUT2D eigenvalue weighted by molar-refractivity contribution is 6.30. The van der Waals surface area contributed by atoms with Crippen LogP contribution in [0.25, 0.3) is 0 Å². The Balaban J connectivity index is 1.65. The molecule has 0 spiro atoms. The molecule has 0 atom stereocenters. The molecule has 0 N–H and O–H groups in total.